The molecule has 0 aliphatic rings. The Morgan fingerprint density at radius 2 is 2.20 bits per heavy atom. The van der Waals surface area contributed by atoms with Crippen molar-refractivity contribution >= 4 is 22.4 Å². The monoisotopic (exact) mass is 275 g/mol. The maximum absolute atomic E-state index is 10.7. The summed E-state index contributed by atoms with van der Waals surface area (Å²) in [4.78, 5) is 14.7. The van der Waals surface area contributed by atoms with Gasteiger partial charge in [-0.3, -0.25) is 10.1 Å². The molecule has 0 fully saturated rings. The smallest absolute Gasteiger partial charge is 0.270 e. The number of anilines is 1. The van der Waals surface area contributed by atoms with Crippen molar-refractivity contribution in [1.82, 2.24) is 4.98 Å². The number of fused-ring (bicyclic) bond motifs is 1. The first-order chi connectivity index (χ1) is 9.60. The van der Waals surface area contributed by atoms with Crippen LogP contribution in [0.4, 0.5) is 11.5 Å². The van der Waals surface area contributed by atoms with Crippen molar-refractivity contribution in [1.29, 1.82) is 0 Å². The molecule has 6 nitrogen and oxygen atoms in total. The Hall–Kier alpha value is -2.21. The minimum Gasteiger partial charge on any atom is -0.396 e. The third-order valence-electron chi connectivity index (χ3n) is 3.07. The van der Waals surface area contributed by atoms with Gasteiger partial charge in [-0.15, -0.1) is 0 Å². The molecule has 0 radical (unpaired) electrons. The lowest BCUT2D eigenvalue weighted by Gasteiger charge is -2.14. The van der Waals surface area contributed by atoms with Gasteiger partial charge in [0.15, 0.2) is 0 Å². The van der Waals surface area contributed by atoms with E-state index in [-0.39, 0.29) is 18.3 Å². The zero-order valence-corrected chi connectivity index (χ0v) is 11.2. The third-order valence-corrected chi connectivity index (χ3v) is 3.07. The zero-order valence-electron chi connectivity index (χ0n) is 11.2. The van der Waals surface area contributed by atoms with Gasteiger partial charge in [0.25, 0.3) is 5.69 Å². The van der Waals surface area contributed by atoms with Crippen molar-refractivity contribution in [3.63, 3.8) is 0 Å². The molecule has 20 heavy (non-hydrogen) atoms. The largest absolute Gasteiger partial charge is 0.396 e. The Bertz CT molecular complexity index is 616. The summed E-state index contributed by atoms with van der Waals surface area (Å²) in [5, 5.41) is 23.5. The van der Waals surface area contributed by atoms with Crippen LogP contribution in [0.5, 0.6) is 0 Å². The molecule has 1 heterocycles. The highest BCUT2D eigenvalue weighted by molar-refractivity contribution is 5.82. The molecule has 0 saturated heterocycles. The number of rotatable bonds is 6. The quantitative estimate of drug-likeness (QED) is 0.625. The van der Waals surface area contributed by atoms with Gasteiger partial charge >= 0.3 is 0 Å². The second-order valence-corrected chi connectivity index (χ2v) is 4.74. The Balaban J connectivity index is 2.17. The van der Waals surface area contributed by atoms with Crippen molar-refractivity contribution in [2.24, 2.45) is 0 Å². The highest BCUT2D eigenvalue weighted by atomic mass is 16.6. The number of nitro benzene ring substituents is 1. The molecule has 1 aromatic carbocycles. The van der Waals surface area contributed by atoms with Crippen LogP contribution in [-0.4, -0.2) is 27.7 Å². The molecule has 106 valence electrons. The standard InChI is InChI=1S/C14H17N3O3/c1-10(3-2-8-18)15-14-7-4-11-9-12(17(19)20)5-6-13(11)16-14/h4-7,9-10,18H,2-3,8H2,1H3,(H,15,16). The number of aromatic nitrogens is 1. The molecule has 2 aromatic rings. The Morgan fingerprint density at radius 3 is 2.90 bits per heavy atom. The molecular formula is C14H17N3O3. The molecule has 0 saturated carbocycles. The number of nitrogens with one attached hydrogen (secondary N) is 1. The molecule has 1 unspecified atom stereocenters. The minimum absolute atomic E-state index is 0.0660. The van der Waals surface area contributed by atoms with E-state index in [1.54, 1.807) is 6.07 Å². The topological polar surface area (TPSA) is 88.3 Å². The Morgan fingerprint density at radius 1 is 1.40 bits per heavy atom. The van der Waals surface area contributed by atoms with E-state index in [4.69, 9.17) is 5.11 Å². The molecule has 0 amide bonds. The van der Waals surface area contributed by atoms with E-state index < -0.39 is 4.92 Å². The van der Waals surface area contributed by atoms with Gasteiger partial charge in [-0.2, -0.15) is 0 Å². The average Bonchev–Trinajstić information content (AvgIpc) is 2.44. The van der Waals surface area contributed by atoms with Crippen LogP contribution in [0.15, 0.2) is 30.3 Å². The normalized spacial score (nSPS) is 12.3. The van der Waals surface area contributed by atoms with E-state index in [1.807, 2.05) is 19.1 Å². The van der Waals surface area contributed by atoms with Crippen molar-refractivity contribution in [2.75, 3.05) is 11.9 Å². The van der Waals surface area contributed by atoms with Crippen LogP contribution < -0.4 is 5.32 Å². The van der Waals surface area contributed by atoms with E-state index in [2.05, 4.69) is 10.3 Å². The van der Waals surface area contributed by atoms with Crippen LogP contribution in [0, 0.1) is 10.1 Å². The minimum atomic E-state index is -0.414. The predicted molar refractivity (Wildman–Crippen MR) is 77.8 cm³/mol. The fourth-order valence-electron chi connectivity index (χ4n) is 2.03. The van der Waals surface area contributed by atoms with Crippen molar-refractivity contribution in [2.45, 2.75) is 25.8 Å². The predicted octanol–water partition coefficient (Wildman–Crippen LogP) is 2.72. The lowest BCUT2D eigenvalue weighted by molar-refractivity contribution is -0.384. The summed E-state index contributed by atoms with van der Waals surface area (Å²) < 4.78 is 0. The molecule has 2 rings (SSSR count). The number of nitro groups is 1. The second kappa shape index (κ2) is 6.29. The van der Waals surface area contributed by atoms with Gasteiger partial charge in [0.1, 0.15) is 5.82 Å². The number of pyridine rings is 1. The summed E-state index contributed by atoms with van der Waals surface area (Å²) in [6, 6.07) is 8.45. The van der Waals surface area contributed by atoms with Gasteiger partial charge in [-0.05, 0) is 38.0 Å². The molecule has 2 N–H and O–H groups in total. The highest BCUT2D eigenvalue weighted by Crippen LogP contribution is 2.21. The van der Waals surface area contributed by atoms with Gasteiger partial charge < -0.3 is 10.4 Å². The van der Waals surface area contributed by atoms with Crippen molar-refractivity contribution < 1.29 is 10.0 Å². The SMILES string of the molecule is CC(CCCO)Nc1ccc2cc([N+](=O)[O-])ccc2n1. The third kappa shape index (κ3) is 3.42. The summed E-state index contributed by atoms with van der Waals surface area (Å²) >= 11 is 0. The van der Waals surface area contributed by atoms with Crippen LogP contribution in [0.1, 0.15) is 19.8 Å². The van der Waals surface area contributed by atoms with E-state index in [1.165, 1.54) is 12.1 Å². The summed E-state index contributed by atoms with van der Waals surface area (Å²) in [6.07, 6.45) is 1.60. The summed E-state index contributed by atoms with van der Waals surface area (Å²) in [6.45, 7) is 2.21. The first-order valence-electron chi connectivity index (χ1n) is 6.53. The number of non-ortho nitro benzene ring substituents is 1. The maximum Gasteiger partial charge on any atom is 0.270 e. The highest BCUT2D eigenvalue weighted by Gasteiger charge is 2.08. The van der Waals surface area contributed by atoms with Crippen LogP contribution in [-0.2, 0) is 0 Å². The lowest BCUT2D eigenvalue weighted by atomic mass is 10.1. The molecular weight excluding hydrogens is 258 g/mol. The summed E-state index contributed by atoms with van der Waals surface area (Å²) in [5.41, 5.74) is 0.784. The van der Waals surface area contributed by atoms with Gasteiger partial charge in [-0.1, -0.05) is 0 Å². The fraction of sp³-hybridized carbons (Fsp3) is 0.357. The van der Waals surface area contributed by atoms with Gasteiger partial charge in [0.2, 0.25) is 0 Å². The molecule has 0 bridgehead atoms. The first-order valence-corrected chi connectivity index (χ1v) is 6.53. The molecule has 1 aromatic heterocycles. The van der Waals surface area contributed by atoms with E-state index in [0.717, 1.165) is 29.6 Å². The number of aliphatic hydroxyl groups is 1. The second-order valence-electron chi connectivity index (χ2n) is 4.74. The first kappa shape index (κ1) is 14.2. The van der Waals surface area contributed by atoms with E-state index in [9.17, 15) is 10.1 Å². The summed E-state index contributed by atoms with van der Waals surface area (Å²) in [7, 11) is 0. The Labute approximate surface area is 116 Å². The number of benzene rings is 1. The molecule has 0 spiro atoms. The van der Waals surface area contributed by atoms with Gasteiger partial charge in [-0.25, -0.2) is 4.98 Å². The number of nitrogens with zero attached hydrogens (tertiary/aromatic N) is 2. The van der Waals surface area contributed by atoms with Crippen LogP contribution in [0.25, 0.3) is 10.9 Å². The number of hydrogen-bond acceptors (Lipinski definition) is 5. The van der Waals surface area contributed by atoms with Gasteiger partial charge in [0.05, 0.1) is 10.4 Å². The lowest BCUT2D eigenvalue weighted by Crippen LogP contribution is -2.16. The van der Waals surface area contributed by atoms with Crippen LogP contribution in [0.2, 0.25) is 0 Å². The van der Waals surface area contributed by atoms with Gasteiger partial charge in [0, 0.05) is 30.2 Å². The van der Waals surface area contributed by atoms with Crippen molar-refractivity contribution in [3.05, 3.63) is 40.4 Å². The average molecular weight is 275 g/mol. The number of hydrogen-bond donors (Lipinski definition) is 2. The van der Waals surface area contributed by atoms with Crippen LogP contribution >= 0.6 is 0 Å². The number of aliphatic hydroxyl groups excluding tert-OH is 1. The van der Waals surface area contributed by atoms with E-state index >= 15 is 0 Å². The zero-order chi connectivity index (χ0) is 14.5. The molecule has 1 atom stereocenters. The molecule has 6 heteroatoms. The van der Waals surface area contributed by atoms with Crippen molar-refractivity contribution in [3.8, 4) is 0 Å². The molecule has 0 aliphatic carbocycles. The van der Waals surface area contributed by atoms with E-state index in [0.29, 0.717) is 0 Å². The maximum atomic E-state index is 10.7. The fourth-order valence-corrected chi connectivity index (χ4v) is 2.03. The van der Waals surface area contributed by atoms with Crippen LogP contribution in [0.3, 0.4) is 0 Å². The summed E-state index contributed by atoms with van der Waals surface area (Å²) in [5.74, 6) is 0.733. The Kier molecular flexibility index (Phi) is 4.47. The molecule has 0 aliphatic heterocycles.